The quantitative estimate of drug-likeness (QED) is 0.314. The standard InChI is InChI=1S/3C6H10O3.In/c3*1-4(2)5(7)3-6(8)9;/h3*4H,3H2,1-2H3,(H,8,9);/q;;;+3/p-3. The van der Waals surface area contributed by atoms with Crippen molar-refractivity contribution < 1.29 is 44.1 Å². The number of carbonyl (C=O) groups excluding carboxylic acids is 6. The van der Waals surface area contributed by atoms with Crippen molar-refractivity contribution in [3.05, 3.63) is 0 Å². The van der Waals surface area contributed by atoms with Gasteiger partial charge in [-0.2, -0.15) is 0 Å². The van der Waals surface area contributed by atoms with Crippen LogP contribution < -0.4 is 15.3 Å². The fourth-order valence-corrected chi connectivity index (χ4v) is 1.04. The smallest absolute Gasteiger partial charge is 0.550 e. The molecule has 0 aromatic carbocycles. The number of Topliss-reactive ketones (excluding diaryl/α,β-unsaturated/α-hetero) is 3. The van der Waals surface area contributed by atoms with Gasteiger partial charge in [-0.05, 0) is 0 Å². The third kappa shape index (κ3) is 26.5. The third-order valence-electron chi connectivity index (χ3n) is 2.89. The predicted molar refractivity (Wildman–Crippen MR) is 94.2 cm³/mol. The summed E-state index contributed by atoms with van der Waals surface area (Å²) in [6, 6.07) is 0. The number of carbonyl (C=O) groups is 6. The fourth-order valence-electron chi connectivity index (χ4n) is 1.04. The molecule has 28 heavy (non-hydrogen) atoms. The van der Waals surface area contributed by atoms with Crippen LogP contribution in [0.15, 0.2) is 0 Å². The van der Waals surface area contributed by atoms with Crippen molar-refractivity contribution in [2.75, 3.05) is 0 Å². The van der Waals surface area contributed by atoms with E-state index in [4.69, 9.17) is 0 Å². The summed E-state index contributed by atoms with van der Waals surface area (Å²) >= 11 is 0. The van der Waals surface area contributed by atoms with Gasteiger partial charge in [0.05, 0.1) is 0 Å². The van der Waals surface area contributed by atoms with Gasteiger partial charge in [0.2, 0.25) is 0 Å². The van der Waals surface area contributed by atoms with E-state index in [1.54, 1.807) is 41.5 Å². The Morgan fingerprint density at radius 3 is 0.679 bits per heavy atom. The van der Waals surface area contributed by atoms with Crippen molar-refractivity contribution in [1.29, 1.82) is 0 Å². The molecule has 9 nitrogen and oxygen atoms in total. The molecule has 0 rings (SSSR count). The average molecular weight is 502 g/mol. The monoisotopic (exact) mass is 502 g/mol. The van der Waals surface area contributed by atoms with Gasteiger partial charge in [0, 0.05) is 54.9 Å². The maximum absolute atomic E-state index is 10.5. The number of hydrogen-bond acceptors (Lipinski definition) is 9. The largest absolute Gasteiger partial charge is 3.00 e. The van der Waals surface area contributed by atoms with Crippen LogP contribution in [0.3, 0.4) is 0 Å². The van der Waals surface area contributed by atoms with Gasteiger partial charge in [0.25, 0.3) is 0 Å². The van der Waals surface area contributed by atoms with E-state index in [1.165, 1.54) is 0 Å². The minimum Gasteiger partial charge on any atom is -0.550 e. The molecular formula is C18H27InO9. The van der Waals surface area contributed by atoms with Gasteiger partial charge in [-0.3, -0.25) is 14.4 Å². The Hall–Kier alpha value is -1.71. The Morgan fingerprint density at radius 1 is 0.500 bits per heavy atom. The molecule has 0 bridgehead atoms. The molecule has 0 heterocycles. The van der Waals surface area contributed by atoms with Gasteiger partial charge in [-0.25, -0.2) is 0 Å². The summed E-state index contributed by atoms with van der Waals surface area (Å²) in [5.74, 6) is -5.36. The second-order valence-electron chi connectivity index (χ2n) is 6.51. The van der Waals surface area contributed by atoms with Crippen molar-refractivity contribution in [1.82, 2.24) is 0 Å². The van der Waals surface area contributed by atoms with Gasteiger partial charge >= 0.3 is 25.8 Å². The molecule has 0 radical (unpaired) electrons. The number of aliphatic carboxylic acids is 3. The summed E-state index contributed by atoms with van der Waals surface area (Å²) in [5, 5.41) is 29.3. The SMILES string of the molecule is CC(C)C(=O)CC(=O)[O-].CC(C)C(=O)CC(=O)[O-].CC(C)C(=O)CC(=O)[O-].[In+3]. The van der Waals surface area contributed by atoms with Gasteiger partial charge in [0.15, 0.2) is 0 Å². The predicted octanol–water partition coefficient (Wildman–Crippen LogP) is -2.33. The third-order valence-corrected chi connectivity index (χ3v) is 2.89. The molecule has 156 valence electrons. The normalized spacial score (nSPS) is 9.32. The first kappa shape index (κ1) is 33.8. The van der Waals surface area contributed by atoms with E-state index in [0.717, 1.165) is 0 Å². The van der Waals surface area contributed by atoms with Gasteiger partial charge < -0.3 is 29.7 Å². The first-order chi connectivity index (χ1) is 12.1. The molecule has 0 aliphatic rings. The molecule has 0 aromatic rings. The average Bonchev–Trinajstić information content (AvgIpc) is 2.46. The summed E-state index contributed by atoms with van der Waals surface area (Å²) < 4.78 is 0. The Kier molecular flexibility index (Phi) is 22.5. The topological polar surface area (TPSA) is 172 Å². The zero-order valence-corrected chi connectivity index (χ0v) is 20.4. The van der Waals surface area contributed by atoms with E-state index in [-0.39, 0.29) is 60.9 Å². The maximum atomic E-state index is 10.5. The second kappa shape index (κ2) is 18.6. The summed E-state index contributed by atoms with van der Waals surface area (Å²) in [6.45, 7) is 9.95. The summed E-state index contributed by atoms with van der Waals surface area (Å²) in [6.07, 6.45) is -1.38. The number of rotatable bonds is 9. The Bertz CT molecular complexity index is 461. The van der Waals surface area contributed by atoms with Crippen molar-refractivity contribution in [3.8, 4) is 0 Å². The number of ketones is 3. The second-order valence-corrected chi connectivity index (χ2v) is 6.51. The van der Waals surface area contributed by atoms with Crippen LogP contribution in [0.5, 0.6) is 0 Å². The number of carboxylic acid groups (broad SMARTS) is 3. The Balaban J connectivity index is -0.000000152. The fraction of sp³-hybridized carbons (Fsp3) is 0.667. The molecule has 0 unspecified atom stereocenters. The summed E-state index contributed by atoms with van der Waals surface area (Å²) in [5.41, 5.74) is 0. The zero-order valence-electron chi connectivity index (χ0n) is 17.1. The minimum atomic E-state index is -1.30. The van der Waals surface area contributed by atoms with Gasteiger partial charge in [-0.15, -0.1) is 0 Å². The van der Waals surface area contributed by atoms with E-state index >= 15 is 0 Å². The molecule has 0 fully saturated rings. The van der Waals surface area contributed by atoms with E-state index in [0.29, 0.717) is 0 Å². The van der Waals surface area contributed by atoms with E-state index in [1.807, 2.05) is 0 Å². The van der Waals surface area contributed by atoms with Crippen LogP contribution in [0.25, 0.3) is 0 Å². The van der Waals surface area contributed by atoms with Crippen LogP contribution in [-0.2, 0) is 28.8 Å². The molecule has 0 aliphatic heterocycles. The van der Waals surface area contributed by atoms with Crippen molar-refractivity contribution >= 4 is 61.1 Å². The van der Waals surface area contributed by atoms with Crippen LogP contribution in [-0.4, -0.2) is 61.1 Å². The first-order valence-corrected chi connectivity index (χ1v) is 8.29. The van der Waals surface area contributed by atoms with E-state index < -0.39 is 37.2 Å². The number of hydrogen-bond donors (Lipinski definition) is 0. The van der Waals surface area contributed by atoms with E-state index in [9.17, 15) is 44.1 Å². The molecule has 0 N–H and O–H groups in total. The van der Waals surface area contributed by atoms with Crippen LogP contribution in [0.2, 0.25) is 0 Å². The Morgan fingerprint density at radius 2 is 0.643 bits per heavy atom. The molecule has 0 aliphatic carbocycles. The molecule has 0 atom stereocenters. The van der Waals surface area contributed by atoms with Crippen molar-refractivity contribution in [2.45, 2.75) is 60.8 Å². The molecular weight excluding hydrogens is 475 g/mol. The van der Waals surface area contributed by atoms with Crippen molar-refractivity contribution in [3.63, 3.8) is 0 Å². The van der Waals surface area contributed by atoms with Crippen LogP contribution in [0.4, 0.5) is 0 Å². The first-order valence-electron chi connectivity index (χ1n) is 8.29. The van der Waals surface area contributed by atoms with Gasteiger partial charge in [-0.1, -0.05) is 41.5 Å². The Labute approximate surface area is 183 Å². The maximum Gasteiger partial charge on any atom is 3.00 e. The van der Waals surface area contributed by atoms with E-state index in [2.05, 4.69) is 0 Å². The molecule has 0 aromatic heterocycles. The zero-order chi connectivity index (χ0) is 22.3. The summed E-state index contributed by atoms with van der Waals surface area (Å²) in [4.78, 5) is 60.9. The number of carboxylic acids is 3. The van der Waals surface area contributed by atoms with Crippen LogP contribution >= 0.6 is 0 Å². The van der Waals surface area contributed by atoms with Crippen LogP contribution in [0, 0.1) is 17.8 Å². The molecule has 10 heteroatoms. The minimum absolute atomic E-state index is 0. The van der Waals surface area contributed by atoms with Crippen LogP contribution in [0.1, 0.15) is 60.8 Å². The summed E-state index contributed by atoms with van der Waals surface area (Å²) in [7, 11) is 0. The van der Waals surface area contributed by atoms with Gasteiger partial charge in [0.1, 0.15) is 17.3 Å². The molecule has 0 spiro atoms. The molecule has 0 saturated carbocycles. The molecule has 0 saturated heterocycles. The van der Waals surface area contributed by atoms with Crippen molar-refractivity contribution in [2.24, 2.45) is 17.8 Å². The molecule has 0 amide bonds.